The number of benzene rings is 2. The molecule has 0 radical (unpaired) electrons. The molecule has 0 fully saturated rings. The third-order valence-corrected chi connectivity index (χ3v) is 3.44. The van der Waals surface area contributed by atoms with Crippen LogP contribution in [0.25, 0.3) is 10.8 Å². The number of fused-ring (bicyclic) bond motifs is 1. The van der Waals surface area contributed by atoms with Crippen molar-refractivity contribution in [2.24, 2.45) is 5.92 Å². The standard InChI is InChI=1S/C16H18ClNO/c1-12(8-9-17)11-18-16(19)15-7-6-13-4-2-3-5-14(13)10-15/h2-7,10,12H,8-9,11H2,1H3,(H,18,19). The molecule has 0 heterocycles. The Hall–Kier alpha value is -1.54. The van der Waals surface area contributed by atoms with Crippen LogP contribution in [0.1, 0.15) is 23.7 Å². The molecule has 1 amide bonds. The molecule has 3 heteroatoms. The number of hydrogen-bond acceptors (Lipinski definition) is 1. The second kappa shape index (κ2) is 6.58. The van der Waals surface area contributed by atoms with Gasteiger partial charge in [-0.3, -0.25) is 4.79 Å². The van der Waals surface area contributed by atoms with Crippen LogP contribution < -0.4 is 5.32 Å². The molecule has 2 rings (SSSR count). The fourth-order valence-corrected chi connectivity index (χ4v) is 2.36. The van der Waals surface area contributed by atoms with E-state index in [4.69, 9.17) is 11.6 Å². The predicted octanol–water partition coefficient (Wildman–Crippen LogP) is 3.83. The molecule has 0 aromatic heterocycles. The van der Waals surface area contributed by atoms with E-state index < -0.39 is 0 Å². The SMILES string of the molecule is CC(CCCl)CNC(=O)c1ccc2ccccc2c1. The first-order valence-electron chi connectivity index (χ1n) is 6.53. The third kappa shape index (κ3) is 3.71. The summed E-state index contributed by atoms with van der Waals surface area (Å²) < 4.78 is 0. The van der Waals surface area contributed by atoms with Crippen molar-refractivity contribution < 1.29 is 4.79 Å². The Morgan fingerprint density at radius 3 is 2.68 bits per heavy atom. The molecule has 0 aliphatic heterocycles. The molecule has 2 aromatic rings. The minimum Gasteiger partial charge on any atom is -0.352 e. The van der Waals surface area contributed by atoms with Crippen LogP contribution in [0, 0.1) is 5.92 Å². The van der Waals surface area contributed by atoms with Crippen LogP contribution in [-0.4, -0.2) is 18.3 Å². The number of carbonyl (C=O) groups excluding carboxylic acids is 1. The summed E-state index contributed by atoms with van der Waals surface area (Å²) in [4.78, 5) is 12.1. The summed E-state index contributed by atoms with van der Waals surface area (Å²) in [6, 6.07) is 13.8. The fraction of sp³-hybridized carbons (Fsp3) is 0.312. The Labute approximate surface area is 118 Å². The van der Waals surface area contributed by atoms with Gasteiger partial charge in [-0.25, -0.2) is 0 Å². The van der Waals surface area contributed by atoms with Crippen molar-refractivity contribution in [1.29, 1.82) is 0 Å². The number of nitrogens with one attached hydrogen (secondary N) is 1. The molecule has 1 unspecified atom stereocenters. The van der Waals surface area contributed by atoms with E-state index >= 15 is 0 Å². The number of halogens is 1. The Morgan fingerprint density at radius 2 is 1.95 bits per heavy atom. The molecule has 2 nitrogen and oxygen atoms in total. The Balaban J connectivity index is 2.05. The first kappa shape index (κ1) is 13.9. The molecular weight excluding hydrogens is 258 g/mol. The van der Waals surface area contributed by atoms with E-state index in [-0.39, 0.29) is 5.91 Å². The van der Waals surface area contributed by atoms with Gasteiger partial charge in [-0.05, 0) is 35.2 Å². The van der Waals surface area contributed by atoms with Crippen molar-refractivity contribution in [3.8, 4) is 0 Å². The van der Waals surface area contributed by atoms with Gasteiger partial charge in [0.15, 0.2) is 0 Å². The van der Waals surface area contributed by atoms with Gasteiger partial charge in [-0.15, -0.1) is 11.6 Å². The smallest absolute Gasteiger partial charge is 0.251 e. The molecular formula is C16H18ClNO. The number of amides is 1. The molecule has 0 bridgehead atoms. The second-order valence-electron chi connectivity index (χ2n) is 4.85. The minimum atomic E-state index is -0.0211. The highest BCUT2D eigenvalue weighted by atomic mass is 35.5. The van der Waals surface area contributed by atoms with Crippen LogP contribution in [0.2, 0.25) is 0 Å². The monoisotopic (exact) mass is 275 g/mol. The van der Waals surface area contributed by atoms with Gasteiger partial charge in [0.2, 0.25) is 0 Å². The fourth-order valence-electron chi connectivity index (χ4n) is 1.99. The average molecular weight is 276 g/mol. The lowest BCUT2D eigenvalue weighted by molar-refractivity contribution is 0.0948. The number of hydrogen-bond donors (Lipinski definition) is 1. The van der Waals surface area contributed by atoms with Crippen molar-refractivity contribution in [2.75, 3.05) is 12.4 Å². The van der Waals surface area contributed by atoms with E-state index in [9.17, 15) is 4.79 Å². The van der Waals surface area contributed by atoms with E-state index in [1.807, 2.05) is 42.5 Å². The molecule has 0 saturated carbocycles. The molecule has 0 saturated heterocycles. The summed E-state index contributed by atoms with van der Waals surface area (Å²) in [6.07, 6.45) is 0.916. The van der Waals surface area contributed by atoms with E-state index in [1.54, 1.807) is 0 Å². The summed E-state index contributed by atoms with van der Waals surface area (Å²) in [5, 5.41) is 5.19. The maximum Gasteiger partial charge on any atom is 0.251 e. The van der Waals surface area contributed by atoms with Crippen LogP contribution in [0.15, 0.2) is 42.5 Å². The Kier molecular flexibility index (Phi) is 4.80. The summed E-state index contributed by atoms with van der Waals surface area (Å²) in [5.74, 6) is 1.02. The van der Waals surface area contributed by atoms with E-state index in [1.165, 1.54) is 0 Å². The zero-order chi connectivity index (χ0) is 13.7. The number of rotatable bonds is 5. The van der Waals surface area contributed by atoms with E-state index in [0.717, 1.165) is 17.2 Å². The lowest BCUT2D eigenvalue weighted by Crippen LogP contribution is -2.28. The Bertz CT molecular complexity index is 567. The predicted molar refractivity (Wildman–Crippen MR) is 80.8 cm³/mol. The highest BCUT2D eigenvalue weighted by molar-refractivity contribution is 6.17. The first-order chi connectivity index (χ1) is 9.20. The van der Waals surface area contributed by atoms with Crippen molar-refractivity contribution in [2.45, 2.75) is 13.3 Å². The largest absolute Gasteiger partial charge is 0.352 e. The summed E-state index contributed by atoms with van der Waals surface area (Å²) >= 11 is 5.68. The lowest BCUT2D eigenvalue weighted by Gasteiger charge is -2.11. The highest BCUT2D eigenvalue weighted by Crippen LogP contribution is 2.15. The van der Waals surface area contributed by atoms with Gasteiger partial charge in [0.05, 0.1) is 0 Å². The van der Waals surface area contributed by atoms with Crippen molar-refractivity contribution in [1.82, 2.24) is 5.32 Å². The molecule has 2 aromatic carbocycles. The summed E-state index contributed by atoms with van der Waals surface area (Å²) in [5.41, 5.74) is 0.705. The maximum atomic E-state index is 12.1. The quantitative estimate of drug-likeness (QED) is 0.826. The minimum absolute atomic E-state index is 0.0211. The second-order valence-corrected chi connectivity index (χ2v) is 5.23. The molecule has 1 N–H and O–H groups in total. The third-order valence-electron chi connectivity index (χ3n) is 3.22. The van der Waals surface area contributed by atoms with E-state index in [0.29, 0.717) is 23.9 Å². The van der Waals surface area contributed by atoms with Crippen LogP contribution in [0.3, 0.4) is 0 Å². The lowest BCUT2D eigenvalue weighted by atomic mass is 10.1. The maximum absolute atomic E-state index is 12.1. The van der Waals surface area contributed by atoms with Crippen LogP contribution in [-0.2, 0) is 0 Å². The molecule has 0 aliphatic carbocycles. The normalized spacial score (nSPS) is 12.3. The molecule has 0 aliphatic rings. The van der Waals surface area contributed by atoms with Gasteiger partial charge in [0, 0.05) is 18.0 Å². The topological polar surface area (TPSA) is 29.1 Å². The molecule has 0 spiro atoms. The van der Waals surface area contributed by atoms with Crippen LogP contribution in [0.4, 0.5) is 0 Å². The molecule has 100 valence electrons. The number of alkyl halides is 1. The molecule has 19 heavy (non-hydrogen) atoms. The van der Waals surface area contributed by atoms with Gasteiger partial charge < -0.3 is 5.32 Å². The Morgan fingerprint density at radius 1 is 1.21 bits per heavy atom. The van der Waals surface area contributed by atoms with Crippen LogP contribution in [0.5, 0.6) is 0 Å². The van der Waals surface area contributed by atoms with Crippen molar-refractivity contribution >= 4 is 28.3 Å². The number of carbonyl (C=O) groups is 1. The zero-order valence-corrected chi connectivity index (χ0v) is 11.8. The molecule has 1 atom stereocenters. The average Bonchev–Trinajstić information content (AvgIpc) is 2.44. The van der Waals surface area contributed by atoms with Gasteiger partial charge in [-0.2, -0.15) is 0 Å². The summed E-state index contributed by atoms with van der Waals surface area (Å²) in [7, 11) is 0. The van der Waals surface area contributed by atoms with Gasteiger partial charge in [-0.1, -0.05) is 37.3 Å². The first-order valence-corrected chi connectivity index (χ1v) is 7.07. The zero-order valence-electron chi connectivity index (χ0n) is 11.0. The van der Waals surface area contributed by atoms with Gasteiger partial charge >= 0.3 is 0 Å². The van der Waals surface area contributed by atoms with Gasteiger partial charge in [0.1, 0.15) is 0 Å². The van der Waals surface area contributed by atoms with Gasteiger partial charge in [0.25, 0.3) is 5.91 Å². The van der Waals surface area contributed by atoms with Crippen molar-refractivity contribution in [3.63, 3.8) is 0 Å². The highest BCUT2D eigenvalue weighted by Gasteiger charge is 2.08. The van der Waals surface area contributed by atoms with Crippen molar-refractivity contribution in [3.05, 3.63) is 48.0 Å². The van der Waals surface area contributed by atoms with E-state index in [2.05, 4.69) is 12.2 Å². The summed E-state index contributed by atoms with van der Waals surface area (Å²) in [6.45, 7) is 2.75. The van der Waals surface area contributed by atoms with Crippen LogP contribution >= 0.6 is 11.6 Å².